The van der Waals surface area contributed by atoms with Gasteiger partial charge in [0.1, 0.15) is 0 Å². The molecule has 0 radical (unpaired) electrons. The molecule has 3 aromatic rings. The molecule has 0 bridgehead atoms. The molecule has 1 heterocycles. The van der Waals surface area contributed by atoms with E-state index in [0.717, 1.165) is 32.8 Å². The lowest BCUT2D eigenvalue weighted by molar-refractivity contribution is 0.659. The molecule has 140 valence electrons. The average molecular weight is 484 g/mol. The highest BCUT2D eigenvalue weighted by atomic mass is 79.9. The zero-order valence-electron chi connectivity index (χ0n) is 14.7. The molecule has 0 aliphatic heterocycles. The molecule has 0 aliphatic carbocycles. The summed E-state index contributed by atoms with van der Waals surface area (Å²) in [7, 11) is 0. The minimum absolute atomic E-state index is 0.512. The Labute approximate surface area is 182 Å². The Morgan fingerprint density at radius 1 is 1.07 bits per heavy atom. The van der Waals surface area contributed by atoms with Crippen molar-refractivity contribution >= 4 is 67.8 Å². The molecule has 1 aromatic heterocycles. The van der Waals surface area contributed by atoms with E-state index in [4.69, 9.17) is 35.4 Å². The number of nitrogens with one attached hydrogen (secondary N) is 2. The summed E-state index contributed by atoms with van der Waals surface area (Å²) in [5.41, 5.74) is 4.68. The molecular weight excluding hydrogens is 467 g/mol. The zero-order valence-corrected chi connectivity index (χ0v) is 18.6. The van der Waals surface area contributed by atoms with Gasteiger partial charge in [-0.25, -0.2) is 0 Å². The van der Waals surface area contributed by atoms with Gasteiger partial charge < -0.3 is 10.6 Å². The number of anilines is 2. The monoisotopic (exact) mass is 482 g/mol. The van der Waals surface area contributed by atoms with Gasteiger partial charge in [-0.15, -0.1) is 0 Å². The van der Waals surface area contributed by atoms with Crippen LogP contribution in [0.5, 0.6) is 0 Å². The quantitative estimate of drug-likeness (QED) is 0.419. The first-order chi connectivity index (χ1) is 12.8. The minimum atomic E-state index is 0.512. The fourth-order valence-corrected chi connectivity index (χ4v) is 3.46. The second kappa shape index (κ2) is 8.61. The van der Waals surface area contributed by atoms with Crippen LogP contribution in [0.4, 0.5) is 11.4 Å². The van der Waals surface area contributed by atoms with Gasteiger partial charge in [0.2, 0.25) is 0 Å². The number of thiocarbonyl (C=S) groups is 1. The first-order valence-electron chi connectivity index (χ1n) is 8.15. The molecule has 3 rings (SSSR count). The molecule has 2 N–H and O–H groups in total. The van der Waals surface area contributed by atoms with Gasteiger partial charge in [0.15, 0.2) is 5.11 Å². The van der Waals surface area contributed by atoms with Crippen LogP contribution in [-0.4, -0.2) is 14.9 Å². The van der Waals surface area contributed by atoms with E-state index in [1.54, 1.807) is 6.07 Å². The summed E-state index contributed by atoms with van der Waals surface area (Å²) in [6.45, 7) is 4.54. The van der Waals surface area contributed by atoms with Gasteiger partial charge in [-0.1, -0.05) is 45.2 Å². The lowest BCUT2D eigenvalue weighted by atomic mass is 10.2. The minimum Gasteiger partial charge on any atom is -0.332 e. The Hall–Kier alpha value is -1.60. The van der Waals surface area contributed by atoms with Crippen LogP contribution in [0.15, 0.2) is 46.9 Å². The van der Waals surface area contributed by atoms with Gasteiger partial charge in [0.25, 0.3) is 0 Å². The molecule has 0 unspecified atom stereocenters. The van der Waals surface area contributed by atoms with Crippen LogP contribution in [0.2, 0.25) is 10.0 Å². The smallest absolute Gasteiger partial charge is 0.175 e. The number of benzene rings is 2. The largest absolute Gasteiger partial charge is 0.332 e. The third kappa shape index (κ3) is 5.02. The highest BCUT2D eigenvalue weighted by molar-refractivity contribution is 9.10. The van der Waals surface area contributed by atoms with Crippen molar-refractivity contribution in [3.05, 3.63) is 73.9 Å². The van der Waals surface area contributed by atoms with Gasteiger partial charge >= 0.3 is 0 Å². The molecule has 0 amide bonds. The van der Waals surface area contributed by atoms with Gasteiger partial charge in [-0.2, -0.15) is 5.10 Å². The second-order valence-electron chi connectivity index (χ2n) is 6.04. The van der Waals surface area contributed by atoms with Crippen molar-refractivity contribution < 1.29 is 0 Å². The molecule has 0 saturated heterocycles. The molecule has 0 aliphatic rings. The number of rotatable bonds is 4. The lowest BCUT2D eigenvalue weighted by Crippen LogP contribution is -2.20. The maximum absolute atomic E-state index is 6.11. The summed E-state index contributed by atoms with van der Waals surface area (Å²) in [5.74, 6) is 0. The number of aromatic nitrogens is 2. The number of hydrogen-bond acceptors (Lipinski definition) is 2. The van der Waals surface area contributed by atoms with Crippen molar-refractivity contribution in [1.29, 1.82) is 0 Å². The summed E-state index contributed by atoms with van der Waals surface area (Å²) in [6, 6.07) is 13.4. The van der Waals surface area contributed by atoms with Crippen LogP contribution >= 0.6 is 51.3 Å². The van der Waals surface area contributed by atoms with Crippen molar-refractivity contribution in [3.8, 4) is 0 Å². The van der Waals surface area contributed by atoms with Gasteiger partial charge in [0, 0.05) is 10.2 Å². The highest BCUT2D eigenvalue weighted by Crippen LogP contribution is 2.25. The van der Waals surface area contributed by atoms with Gasteiger partial charge in [0.05, 0.1) is 33.7 Å². The summed E-state index contributed by atoms with van der Waals surface area (Å²) < 4.78 is 2.93. The van der Waals surface area contributed by atoms with Crippen LogP contribution in [0.25, 0.3) is 0 Å². The van der Waals surface area contributed by atoms with Crippen LogP contribution in [0, 0.1) is 13.8 Å². The summed E-state index contributed by atoms with van der Waals surface area (Å²) in [5, 5.41) is 12.6. The third-order valence-corrected chi connectivity index (χ3v) is 5.51. The molecule has 4 nitrogen and oxygen atoms in total. The van der Waals surface area contributed by atoms with Crippen molar-refractivity contribution in [2.24, 2.45) is 0 Å². The fourth-order valence-electron chi connectivity index (χ4n) is 2.65. The van der Waals surface area contributed by atoms with Gasteiger partial charge in [-0.05, 0) is 68.0 Å². The number of hydrogen-bond donors (Lipinski definition) is 2. The van der Waals surface area contributed by atoms with E-state index < -0.39 is 0 Å². The molecule has 8 heteroatoms. The van der Waals surface area contributed by atoms with Crippen molar-refractivity contribution in [2.45, 2.75) is 20.4 Å². The Morgan fingerprint density at radius 2 is 1.78 bits per heavy atom. The molecule has 0 atom stereocenters. The Balaban J connectivity index is 1.73. The molecule has 27 heavy (non-hydrogen) atoms. The predicted octanol–water partition coefficient (Wildman–Crippen LogP) is 6.43. The molecule has 2 aromatic carbocycles. The van der Waals surface area contributed by atoms with E-state index in [0.29, 0.717) is 21.7 Å². The number of nitrogens with zero attached hydrogens (tertiary/aromatic N) is 2. The predicted molar refractivity (Wildman–Crippen MR) is 121 cm³/mol. The van der Waals surface area contributed by atoms with E-state index in [9.17, 15) is 0 Å². The van der Waals surface area contributed by atoms with E-state index in [1.165, 1.54) is 0 Å². The first kappa shape index (κ1) is 20.1. The van der Waals surface area contributed by atoms with Crippen LogP contribution in [-0.2, 0) is 6.54 Å². The van der Waals surface area contributed by atoms with E-state index in [-0.39, 0.29) is 0 Å². The maximum Gasteiger partial charge on any atom is 0.175 e. The summed E-state index contributed by atoms with van der Waals surface area (Å²) in [6.07, 6.45) is 0. The van der Waals surface area contributed by atoms with Gasteiger partial charge in [-0.3, -0.25) is 4.68 Å². The van der Waals surface area contributed by atoms with E-state index in [1.807, 2.05) is 54.9 Å². The topological polar surface area (TPSA) is 41.9 Å². The molecule has 0 fully saturated rings. The van der Waals surface area contributed by atoms with E-state index in [2.05, 4.69) is 31.7 Å². The SMILES string of the molecule is Cc1nn(Cc2ccc(Cl)c(Cl)c2)c(C)c1NC(=S)Nc1ccc(Br)cc1. The van der Waals surface area contributed by atoms with Crippen LogP contribution < -0.4 is 10.6 Å². The van der Waals surface area contributed by atoms with Crippen molar-refractivity contribution in [3.63, 3.8) is 0 Å². The Kier molecular flexibility index (Phi) is 6.42. The van der Waals surface area contributed by atoms with E-state index >= 15 is 0 Å². The molecule has 0 spiro atoms. The zero-order chi connectivity index (χ0) is 19.6. The van der Waals surface area contributed by atoms with Crippen LogP contribution in [0.3, 0.4) is 0 Å². The number of halogens is 3. The number of aryl methyl sites for hydroxylation is 1. The third-order valence-electron chi connectivity index (χ3n) is 4.04. The highest BCUT2D eigenvalue weighted by Gasteiger charge is 2.13. The Bertz CT molecular complexity index is 986. The standard InChI is InChI=1S/C19H17BrCl2N4S/c1-11-18(24-19(27)23-15-6-4-14(20)5-7-15)12(2)26(25-11)10-13-3-8-16(21)17(22)9-13/h3-9H,10H2,1-2H3,(H2,23,24,27). The second-order valence-corrected chi connectivity index (χ2v) is 8.18. The normalized spacial score (nSPS) is 10.7. The maximum atomic E-state index is 6.11. The summed E-state index contributed by atoms with van der Waals surface area (Å²) in [4.78, 5) is 0. The first-order valence-corrected chi connectivity index (χ1v) is 10.1. The molecule has 0 saturated carbocycles. The van der Waals surface area contributed by atoms with Crippen molar-refractivity contribution in [1.82, 2.24) is 9.78 Å². The van der Waals surface area contributed by atoms with Crippen molar-refractivity contribution in [2.75, 3.05) is 10.6 Å². The van der Waals surface area contributed by atoms with Crippen LogP contribution in [0.1, 0.15) is 17.0 Å². The summed E-state index contributed by atoms with van der Waals surface area (Å²) >= 11 is 21.0. The Morgan fingerprint density at radius 3 is 2.44 bits per heavy atom. The molecular formula is C19H17BrCl2N4S. The average Bonchev–Trinajstić information content (AvgIpc) is 2.87. The fraction of sp³-hybridized carbons (Fsp3) is 0.158. The lowest BCUT2D eigenvalue weighted by Gasteiger charge is -2.11.